The van der Waals surface area contributed by atoms with Crippen LogP contribution in [0.2, 0.25) is 0 Å². The van der Waals surface area contributed by atoms with E-state index in [4.69, 9.17) is 11.6 Å². The lowest BCUT2D eigenvalue weighted by Gasteiger charge is -2.06. The summed E-state index contributed by atoms with van der Waals surface area (Å²) in [5.41, 5.74) is 1.53. The topological polar surface area (TPSA) is 67.3 Å². The molecule has 0 bridgehead atoms. The largest absolute Gasteiger partial charge is 0.464 e. The quantitative estimate of drug-likeness (QED) is 0.718. The van der Waals surface area contributed by atoms with Gasteiger partial charge in [0, 0.05) is 6.42 Å². The van der Waals surface area contributed by atoms with Crippen LogP contribution in [-0.4, -0.2) is 28.4 Å². The molecule has 0 spiro atoms. The molecular formula is C8H8ClN3O2. The van der Waals surface area contributed by atoms with Crippen LogP contribution >= 0.6 is 11.6 Å². The third kappa shape index (κ3) is 1.39. The lowest BCUT2D eigenvalue weighted by molar-refractivity contribution is 0.0595. The number of ether oxygens (including phenoxy) is 1. The molecule has 0 aromatic carbocycles. The highest BCUT2D eigenvalue weighted by Crippen LogP contribution is 2.28. The molecule has 1 aliphatic heterocycles. The van der Waals surface area contributed by atoms with E-state index in [1.54, 1.807) is 0 Å². The Kier molecular flexibility index (Phi) is 2.25. The van der Waals surface area contributed by atoms with Crippen LogP contribution in [0, 0.1) is 0 Å². The monoisotopic (exact) mass is 213 g/mol. The number of nitrogens with one attached hydrogen (secondary N) is 1. The number of carbonyl (C=O) groups excluding carboxylic acids is 1. The number of halogens is 1. The average molecular weight is 214 g/mol. The molecule has 0 amide bonds. The molecule has 1 aromatic rings. The van der Waals surface area contributed by atoms with Crippen LogP contribution < -0.4 is 0 Å². The Labute approximate surface area is 85.1 Å². The summed E-state index contributed by atoms with van der Waals surface area (Å²) >= 11 is 5.78. The number of aromatic nitrogens is 2. The van der Waals surface area contributed by atoms with Crippen molar-refractivity contribution in [3.8, 4) is 0 Å². The second-order valence-electron chi connectivity index (χ2n) is 2.88. The van der Waals surface area contributed by atoms with Crippen molar-refractivity contribution in [2.75, 3.05) is 7.11 Å². The van der Waals surface area contributed by atoms with Crippen molar-refractivity contribution in [2.24, 2.45) is 4.99 Å². The van der Waals surface area contributed by atoms with Crippen molar-refractivity contribution < 1.29 is 9.53 Å². The lowest BCUT2D eigenvalue weighted by atomic mass is 10.1. The highest BCUT2D eigenvalue weighted by atomic mass is 35.5. The van der Waals surface area contributed by atoms with Gasteiger partial charge in [-0.25, -0.2) is 9.79 Å². The third-order valence-electron chi connectivity index (χ3n) is 2.01. The Morgan fingerprint density at radius 2 is 2.36 bits per heavy atom. The van der Waals surface area contributed by atoms with Crippen molar-refractivity contribution in [2.45, 2.75) is 12.8 Å². The molecule has 0 aliphatic carbocycles. The minimum absolute atomic E-state index is 0.195. The number of hydrogen-bond acceptors (Lipinski definition) is 4. The number of nitrogens with zero attached hydrogens (tertiary/aromatic N) is 2. The van der Waals surface area contributed by atoms with Gasteiger partial charge in [0.1, 0.15) is 10.9 Å². The van der Waals surface area contributed by atoms with Gasteiger partial charge in [0.15, 0.2) is 5.69 Å². The van der Waals surface area contributed by atoms with E-state index in [2.05, 4.69) is 19.9 Å². The van der Waals surface area contributed by atoms with Crippen LogP contribution in [0.3, 0.4) is 0 Å². The molecule has 0 fully saturated rings. The van der Waals surface area contributed by atoms with E-state index in [1.807, 2.05) is 0 Å². The van der Waals surface area contributed by atoms with Gasteiger partial charge in [-0.1, -0.05) is 11.6 Å². The van der Waals surface area contributed by atoms with E-state index < -0.39 is 5.97 Å². The summed E-state index contributed by atoms with van der Waals surface area (Å²) in [5, 5.41) is 7.07. The number of carbonyl (C=O) groups is 1. The van der Waals surface area contributed by atoms with Gasteiger partial charge in [-0.15, -0.1) is 0 Å². The summed E-state index contributed by atoms with van der Waals surface area (Å²) in [6.45, 7) is 0. The number of esters is 1. The Morgan fingerprint density at radius 3 is 3.07 bits per heavy atom. The SMILES string of the molecule is COC(=O)c1n[nH]c2c1N=C(Cl)CC2. The van der Waals surface area contributed by atoms with E-state index in [-0.39, 0.29) is 5.69 Å². The minimum atomic E-state index is -0.502. The molecule has 74 valence electrons. The first kappa shape index (κ1) is 9.21. The number of rotatable bonds is 1. The standard InChI is InChI=1S/C8H8ClN3O2/c1-14-8(13)7-6-4(11-12-7)2-3-5(9)10-6/h2-3H2,1H3,(H,11,12). The Balaban J connectivity index is 2.47. The normalized spacial score (nSPS) is 14.6. The van der Waals surface area contributed by atoms with Gasteiger partial charge >= 0.3 is 5.97 Å². The molecule has 2 rings (SSSR count). The number of hydrogen-bond donors (Lipinski definition) is 1. The fourth-order valence-electron chi connectivity index (χ4n) is 1.31. The first-order valence-corrected chi connectivity index (χ1v) is 4.48. The van der Waals surface area contributed by atoms with Crippen LogP contribution in [-0.2, 0) is 11.2 Å². The summed E-state index contributed by atoms with van der Waals surface area (Å²) in [7, 11) is 1.30. The Bertz CT molecular complexity index is 411. The molecule has 1 aromatic heterocycles. The maximum atomic E-state index is 11.2. The smallest absolute Gasteiger partial charge is 0.360 e. The van der Waals surface area contributed by atoms with E-state index in [1.165, 1.54) is 7.11 Å². The molecule has 0 radical (unpaired) electrons. The molecule has 1 aliphatic rings. The lowest BCUT2D eigenvalue weighted by Crippen LogP contribution is -2.04. The molecule has 0 saturated heterocycles. The molecule has 14 heavy (non-hydrogen) atoms. The molecular weight excluding hydrogens is 206 g/mol. The zero-order valence-corrected chi connectivity index (χ0v) is 8.26. The molecule has 1 N–H and O–H groups in total. The van der Waals surface area contributed by atoms with E-state index >= 15 is 0 Å². The van der Waals surface area contributed by atoms with Gasteiger partial charge in [0.05, 0.1) is 12.8 Å². The number of aromatic amines is 1. The van der Waals surface area contributed by atoms with Gasteiger partial charge in [-0.2, -0.15) is 5.10 Å². The first-order valence-electron chi connectivity index (χ1n) is 4.11. The minimum Gasteiger partial charge on any atom is -0.464 e. The van der Waals surface area contributed by atoms with E-state index in [9.17, 15) is 4.79 Å². The van der Waals surface area contributed by atoms with Crippen molar-refractivity contribution in [3.63, 3.8) is 0 Å². The molecule has 5 nitrogen and oxygen atoms in total. The van der Waals surface area contributed by atoms with Crippen molar-refractivity contribution in [1.82, 2.24) is 10.2 Å². The van der Waals surface area contributed by atoms with E-state index in [0.29, 0.717) is 17.3 Å². The van der Waals surface area contributed by atoms with Gasteiger partial charge in [0.2, 0.25) is 0 Å². The second-order valence-corrected chi connectivity index (χ2v) is 3.32. The zero-order valence-electron chi connectivity index (χ0n) is 7.50. The van der Waals surface area contributed by atoms with Crippen LogP contribution in [0.1, 0.15) is 22.6 Å². The zero-order chi connectivity index (χ0) is 10.1. The van der Waals surface area contributed by atoms with Crippen molar-refractivity contribution >= 4 is 28.4 Å². The maximum absolute atomic E-state index is 11.2. The van der Waals surface area contributed by atoms with Crippen molar-refractivity contribution in [3.05, 3.63) is 11.4 Å². The van der Waals surface area contributed by atoms with Gasteiger partial charge in [-0.3, -0.25) is 5.10 Å². The maximum Gasteiger partial charge on any atom is 0.360 e. The van der Waals surface area contributed by atoms with Gasteiger partial charge in [-0.05, 0) is 6.42 Å². The Hall–Kier alpha value is -1.36. The van der Waals surface area contributed by atoms with Crippen LogP contribution in [0.5, 0.6) is 0 Å². The van der Waals surface area contributed by atoms with Gasteiger partial charge < -0.3 is 4.74 Å². The molecule has 6 heteroatoms. The highest BCUT2D eigenvalue weighted by Gasteiger charge is 2.22. The predicted molar refractivity (Wildman–Crippen MR) is 51.2 cm³/mol. The van der Waals surface area contributed by atoms with E-state index in [0.717, 1.165) is 12.1 Å². The fourth-order valence-corrected chi connectivity index (χ4v) is 1.49. The summed E-state index contributed by atoms with van der Waals surface area (Å²) in [5.74, 6) is -0.502. The molecule has 0 saturated carbocycles. The van der Waals surface area contributed by atoms with Crippen LogP contribution in [0.25, 0.3) is 0 Å². The third-order valence-corrected chi connectivity index (χ3v) is 2.28. The number of aliphatic imine (C=N–C) groups is 1. The first-order chi connectivity index (χ1) is 6.72. The molecule has 0 atom stereocenters. The van der Waals surface area contributed by atoms with Crippen LogP contribution in [0.15, 0.2) is 4.99 Å². The van der Waals surface area contributed by atoms with Crippen molar-refractivity contribution in [1.29, 1.82) is 0 Å². The summed E-state index contributed by atoms with van der Waals surface area (Å²) in [6.07, 6.45) is 1.40. The number of aryl methyl sites for hydroxylation is 1. The number of fused-ring (bicyclic) bond motifs is 1. The van der Waals surface area contributed by atoms with Crippen LogP contribution in [0.4, 0.5) is 5.69 Å². The summed E-state index contributed by atoms with van der Waals surface area (Å²) in [6, 6.07) is 0. The predicted octanol–water partition coefficient (Wildman–Crippen LogP) is 1.41. The summed E-state index contributed by atoms with van der Waals surface area (Å²) < 4.78 is 4.56. The molecule has 2 heterocycles. The number of methoxy groups -OCH3 is 1. The molecule has 0 unspecified atom stereocenters. The summed E-state index contributed by atoms with van der Waals surface area (Å²) in [4.78, 5) is 15.3. The Morgan fingerprint density at radius 1 is 1.57 bits per heavy atom. The van der Waals surface area contributed by atoms with Gasteiger partial charge in [0.25, 0.3) is 0 Å². The highest BCUT2D eigenvalue weighted by molar-refractivity contribution is 6.65. The second kappa shape index (κ2) is 3.42. The number of H-pyrrole nitrogens is 1. The average Bonchev–Trinajstić information content (AvgIpc) is 2.59. The fraction of sp³-hybridized carbons (Fsp3) is 0.375.